The van der Waals surface area contributed by atoms with E-state index in [-0.39, 0.29) is 18.4 Å². The summed E-state index contributed by atoms with van der Waals surface area (Å²) in [5.41, 5.74) is 2.20. The van der Waals surface area contributed by atoms with Crippen molar-refractivity contribution in [2.75, 3.05) is 32.1 Å². The summed E-state index contributed by atoms with van der Waals surface area (Å²) in [4.78, 5) is 29.3. The van der Waals surface area contributed by atoms with E-state index in [1.165, 1.54) is 0 Å². The lowest BCUT2D eigenvalue weighted by Gasteiger charge is -2.37. The second-order valence-electron chi connectivity index (χ2n) is 8.39. The van der Waals surface area contributed by atoms with Gasteiger partial charge in [-0.2, -0.15) is 0 Å². The van der Waals surface area contributed by atoms with Gasteiger partial charge < -0.3 is 29.0 Å². The topological polar surface area (TPSA) is 84.2 Å². The van der Waals surface area contributed by atoms with Crippen LogP contribution in [0.2, 0.25) is 0 Å². The zero-order chi connectivity index (χ0) is 23.5. The summed E-state index contributed by atoms with van der Waals surface area (Å²) in [5, 5.41) is 3.47. The summed E-state index contributed by atoms with van der Waals surface area (Å²) in [5.74, 6) is 1.55. The quantitative estimate of drug-likeness (QED) is 0.571. The normalized spacial score (nSPS) is 17.3. The monoisotopic (exact) mass is 461 g/mol. The molecule has 8 heteroatoms. The van der Waals surface area contributed by atoms with Gasteiger partial charge in [0.2, 0.25) is 0 Å². The Morgan fingerprint density at radius 1 is 1.09 bits per heavy atom. The van der Waals surface area contributed by atoms with Crippen LogP contribution in [0.3, 0.4) is 0 Å². The zero-order valence-corrected chi connectivity index (χ0v) is 19.0. The summed E-state index contributed by atoms with van der Waals surface area (Å²) in [6, 6.07) is 16.6. The van der Waals surface area contributed by atoms with E-state index in [0.717, 1.165) is 37.2 Å². The number of para-hydroxylation sites is 1. The fourth-order valence-corrected chi connectivity index (χ4v) is 4.46. The van der Waals surface area contributed by atoms with Gasteiger partial charge in [-0.15, -0.1) is 0 Å². The first kappa shape index (κ1) is 21.9. The molecule has 0 radical (unpaired) electrons. The highest BCUT2D eigenvalue weighted by Gasteiger charge is 2.34. The minimum Gasteiger partial charge on any atom is -0.493 e. The molecule has 0 saturated carbocycles. The van der Waals surface area contributed by atoms with E-state index in [4.69, 9.17) is 13.9 Å². The van der Waals surface area contributed by atoms with Crippen LogP contribution in [-0.4, -0.2) is 48.4 Å². The number of methoxy groups -OCH3 is 1. The van der Waals surface area contributed by atoms with Crippen LogP contribution in [0, 0.1) is 0 Å². The number of nitrogens with one attached hydrogen (secondary N) is 1. The number of likely N-dealkylation sites (tertiary alicyclic amines) is 1. The lowest BCUT2D eigenvalue weighted by Crippen LogP contribution is -2.42. The molecule has 2 aliphatic heterocycles. The van der Waals surface area contributed by atoms with Gasteiger partial charge >= 0.3 is 0 Å². The van der Waals surface area contributed by atoms with Crippen molar-refractivity contribution < 1.29 is 23.5 Å². The number of benzene rings is 2. The molecular formula is C26H27N3O5. The summed E-state index contributed by atoms with van der Waals surface area (Å²) >= 11 is 0. The molecule has 1 unspecified atom stereocenters. The number of carbonyl (C=O) groups is 2. The molecule has 2 amide bonds. The fraction of sp³-hybridized carbons (Fsp3) is 0.308. The van der Waals surface area contributed by atoms with Crippen molar-refractivity contribution in [1.82, 2.24) is 9.80 Å². The molecule has 0 aliphatic carbocycles. The molecule has 2 aromatic carbocycles. The van der Waals surface area contributed by atoms with Crippen LogP contribution < -0.4 is 14.8 Å². The molecule has 5 rings (SSSR count). The van der Waals surface area contributed by atoms with Crippen molar-refractivity contribution in [2.24, 2.45) is 0 Å². The number of hydrogen-bond donors (Lipinski definition) is 1. The third kappa shape index (κ3) is 4.31. The van der Waals surface area contributed by atoms with Gasteiger partial charge in [0.05, 0.1) is 25.5 Å². The minimum atomic E-state index is -0.443. The highest BCUT2D eigenvalue weighted by molar-refractivity contribution is 6.01. The number of fused-ring (bicyclic) bond motifs is 1. The van der Waals surface area contributed by atoms with Crippen molar-refractivity contribution in [2.45, 2.75) is 25.6 Å². The van der Waals surface area contributed by atoms with Crippen molar-refractivity contribution in [3.8, 4) is 11.5 Å². The Hall–Kier alpha value is -3.94. The van der Waals surface area contributed by atoms with Crippen LogP contribution in [0.25, 0.3) is 0 Å². The van der Waals surface area contributed by atoms with Crippen LogP contribution in [0.5, 0.6) is 11.5 Å². The maximum Gasteiger partial charge on any atom is 0.260 e. The molecule has 176 valence electrons. The van der Waals surface area contributed by atoms with E-state index in [1.807, 2.05) is 47.4 Å². The van der Waals surface area contributed by atoms with Gasteiger partial charge in [-0.05, 0) is 54.8 Å². The zero-order valence-electron chi connectivity index (χ0n) is 19.0. The van der Waals surface area contributed by atoms with Crippen molar-refractivity contribution in [3.05, 3.63) is 77.7 Å². The lowest BCUT2D eigenvalue weighted by atomic mass is 10.0. The Bertz CT molecular complexity index is 1170. The molecular weight excluding hydrogens is 434 g/mol. The third-order valence-electron chi connectivity index (χ3n) is 6.24. The number of nitrogens with zero attached hydrogens (tertiary/aromatic N) is 2. The minimum absolute atomic E-state index is 0.0237. The summed E-state index contributed by atoms with van der Waals surface area (Å²) < 4.78 is 16.9. The molecule has 1 saturated heterocycles. The predicted molar refractivity (Wildman–Crippen MR) is 126 cm³/mol. The smallest absolute Gasteiger partial charge is 0.260 e. The SMILES string of the molecule is COc1cc(C2Nc3ccccc3C(=O)N2Cc2ccco2)ccc1OCC(=O)N1CCCC1. The summed E-state index contributed by atoms with van der Waals surface area (Å²) in [6.07, 6.45) is 3.23. The molecule has 3 aromatic rings. The standard InChI is InChI=1S/C26H27N3O5/c1-32-23-15-18(10-11-22(23)34-17-24(30)28-12-4-5-13-28)25-27-21-9-3-2-8-20(21)26(31)29(25)16-19-7-6-14-33-19/h2-3,6-11,14-15,25,27H,4-5,12-13,16-17H2,1H3. The second-order valence-corrected chi connectivity index (χ2v) is 8.39. The molecule has 0 spiro atoms. The van der Waals surface area contributed by atoms with Crippen LogP contribution >= 0.6 is 0 Å². The van der Waals surface area contributed by atoms with Crippen molar-refractivity contribution in [3.63, 3.8) is 0 Å². The van der Waals surface area contributed by atoms with E-state index in [0.29, 0.717) is 29.4 Å². The van der Waals surface area contributed by atoms with E-state index in [9.17, 15) is 9.59 Å². The van der Waals surface area contributed by atoms with E-state index in [1.54, 1.807) is 30.4 Å². The molecule has 3 heterocycles. The molecule has 8 nitrogen and oxygen atoms in total. The number of amides is 2. The van der Waals surface area contributed by atoms with Gasteiger partial charge in [-0.3, -0.25) is 9.59 Å². The van der Waals surface area contributed by atoms with E-state index >= 15 is 0 Å². The lowest BCUT2D eigenvalue weighted by molar-refractivity contribution is -0.132. The second kappa shape index (κ2) is 9.51. The molecule has 34 heavy (non-hydrogen) atoms. The Balaban J connectivity index is 1.41. The molecule has 0 bridgehead atoms. The number of carbonyl (C=O) groups excluding carboxylic acids is 2. The molecule has 1 aromatic heterocycles. The summed E-state index contributed by atoms with van der Waals surface area (Å²) in [6.45, 7) is 1.84. The van der Waals surface area contributed by atoms with Gasteiger partial charge in [0.25, 0.3) is 11.8 Å². The molecule has 2 aliphatic rings. The van der Waals surface area contributed by atoms with E-state index in [2.05, 4.69) is 5.32 Å². The first-order valence-corrected chi connectivity index (χ1v) is 11.4. The Morgan fingerprint density at radius 3 is 2.68 bits per heavy atom. The van der Waals surface area contributed by atoms with Crippen LogP contribution in [-0.2, 0) is 11.3 Å². The number of furan rings is 1. The molecule has 1 fully saturated rings. The largest absolute Gasteiger partial charge is 0.493 e. The van der Waals surface area contributed by atoms with Gasteiger partial charge in [0.15, 0.2) is 18.1 Å². The third-order valence-corrected chi connectivity index (χ3v) is 6.24. The molecule has 1 atom stereocenters. The highest BCUT2D eigenvalue weighted by atomic mass is 16.5. The van der Waals surface area contributed by atoms with Crippen molar-refractivity contribution in [1.29, 1.82) is 0 Å². The van der Waals surface area contributed by atoms with Crippen LogP contribution in [0.15, 0.2) is 65.3 Å². The van der Waals surface area contributed by atoms with E-state index < -0.39 is 6.17 Å². The number of ether oxygens (including phenoxy) is 2. The highest BCUT2D eigenvalue weighted by Crippen LogP contribution is 2.37. The average Bonchev–Trinajstić information content (AvgIpc) is 3.59. The first-order chi connectivity index (χ1) is 16.6. The maximum absolute atomic E-state index is 13.4. The Morgan fingerprint density at radius 2 is 1.91 bits per heavy atom. The first-order valence-electron chi connectivity index (χ1n) is 11.4. The van der Waals surface area contributed by atoms with Gasteiger partial charge in [-0.1, -0.05) is 18.2 Å². The average molecular weight is 462 g/mol. The fourth-order valence-electron chi connectivity index (χ4n) is 4.46. The van der Waals surface area contributed by atoms with Gasteiger partial charge in [0, 0.05) is 18.8 Å². The number of rotatable bonds is 7. The van der Waals surface area contributed by atoms with Gasteiger partial charge in [0.1, 0.15) is 11.9 Å². The Kier molecular flexibility index (Phi) is 6.12. The summed E-state index contributed by atoms with van der Waals surface area (Å²) in [7, 11) is 1.56. The maximum atomic E-state index is 13.4. The predicted octanol–water partition coefficient (Wildman–Crippen LogP) is 4.06. The number of anilines is 1. The van der Waals surface area contributed by atoms with Gasteiger partial charge in [-0.25, -0.2) is 0 Å². The number of hydrogen-bond acceptors (Lipinski definition) is 6. The van der Waals surface area contributed by atoms with Crippen molar-refractivity contribution >= 4 is 17.5 Å². The van der Waals surface area contributed by atoms with Crippen LogP contribution in [0.4, 0.5) is 5.69 Å². The Labute approximate surface area is 198 Å². The molecule has 1 N–H and O–H groups in total. The van der Waals surface area contributed by atoms with Crippen LogP contribution in [0.1, 0.15) is 40.7 Å².